The number of primary amides is 1. The third-order valence-corrected chi connectivity index (χ3v) is 4.28. The van der Waals surface area contributed by atoms with Crippen molar-refractivity contribution in [3.63, 3.8) is 0 Å². The highest BCUT2D eigenvalue weighted by Crippen LogP contribution is 2.26. The molecule has 2 heterocycles. The zero-order valence-corrected chi connectivity index (χ0v) is 14.7. The molecular weight excluding hydrogens is 372 g/mol. The number of likely N-dealkylation sites (N-methyl/N-ethyl adjacent to an activating group) is 1. The van der Waals surface area contributed by atoms with Gasteiger partial charge in [0.15, 0.2) is 11.5 Å². The fourth-order valence-electron chi connectivity index (χ4n) is 2.69. The minimum atomic E-state index is -1.93. The molecule has 0 aliphatic carbocycles. The number of aliphatic hydroxyl groups is 1. The molecule has 1 saturated heterocycles. The van der Waals surface area contributed by atoms with Crippen molar-refractivity contribution >= 4 is 17.6 Å². The van der Waals surface area contributed by atoms with E-state index in [0.29, 0.717) is 12.6 Å². The molecule has 1 aromatic carbocycles. The van der Waals surface area contributed by atoms with Crippen LogP contribution in [0.3, 0.4) is 0 Å². The fraction of sp³-hybridized carbons (Fsp3) is 0.222. The Morgan fingerprint density at radius 2 is 2.07 bits per heavy atom. The molecule has 2 amide bonds. The van der Waals surface area contributed by atoms with Crippen molar-refractivity contribution in [1.29, 1.82) is 0 Å². The molecule has 8 nitrogen and oxygen atoms in total. The maximum atomic E-state index is 14.3. The number of anilines is 1. The van der Waals surface area contributed by atoms with Gasteiger partial charge in [-0.05, 0) is 6.07 Å². The smallest absolute Gasteiger partial charge is 0.271 e. The summed E-state index contributed by atoms with van der Waals surface area (Å²) in [7, 11) is 1.51. The van der Waals surface area contributed by atoms with Gasteiger partial charge in [0.2, 0.25) is 5.60 Å². The second kappa shape index (κ2) is 6.86. The molecule has 0 bridgehead atoms. The van der Waals surface area contributed by atoms with E-state index in [1.807, 2.05) is 0 Å². The van der Waals surface area contributed by atoms with E-state index in [1.54, 1.807) is 0 Å². The zero-order valence-electron chi connectivity index (χ0n) is 14.7. The molecule has 2 aromatic rings. The van der Waals surface area contributed by atoms with Crippen molar-refractivity contribution < 1.29 is 23.5 Å². The van der Waals surface area contributed by atoms with Crippen molar-refractivity contribution in [2.75, 3.05) is 19.3 Å². The van der Waals surface area contributed by atoms with Gasteiger partial charge in [0.25, 0.3) is 11.8 Å². The number of amides is 2. The summed E-state index contributed by atoms with van der Waals surface area (Å²) in [6, 6.07) is 1.61. The summed E-state index contributed by atoms with van der Waals surface area (Å²) in [6.07, 6.45) is 1.16. The van der Waals surface area contributed by atoms with Gasteiger partial charge in [-0.2, -0.15) is 0 Å². The molecule has 1 aliphatic heterocycles. The van der Waals surface area contributed by atoms with Crippen LogP contribution in [0.15, 0.2) is 18.3 Å². The molecule has 1 aliphatic rings. The molecule has 1 aromatic heterocycles. The lowest BCUT2D eigenvalue weighted by Crippen LogP contribution is -2.37. The Morgan fingerprint density at radius 1 is 1.36 bits per heavy atom. The third-order valence-electron chi connectivity index (χ3n) is 4.28. The molecular formula is C18H15F2N5O3. The Labute approximate surface area is 158 Å². The molecule has 3 rings (SSSR count). The number of nitrogens with zero attached hydrogens (tertiary/aromatic N) is 3. The van der Waals surface area contributed by atoms with Gasteiger partial charge < -0.3 is 21.5 Å². The quantitative estimate of drug-likeness (QED) is 0.623. The summed E-state index contributed by atoms with van der Waals surface area (Å²) in [4.78, 5) is 32.2. The van der Waals surface area contributed by atoms with E-state index < -0.39 is 29.0 Å². The third kappa shape index (κ3) is 3.35. The van der Waals surface area contributed by atoms with Crippen molar-refractivity contribution in [1.82, 2.24) is 14.9 Å². The average molecular weight is 387 g/mol. The van der Waals surface area contributed by atoms with Crippen LogP contribution in [0.4, 0.5) is 14.6 Å². The van der Waals surface area contributed by atoms with Crippen LogP contribution in [0.25, 0.3) is 11.3 Å². The first kappa shape index (κ1) is 19.2. The number of likely N-dealkylation sites (tertiary alicyclic amines) is 1. The predicted octanol–water partition coefficient (Wildman–Crippen LogP) is 0.0476. The number of hydrogen-bond acceptors (Lipinski definition) is 6. The van der Waals surface area contributed by atoms with Crippen LogP contribution in [0.5, 0.6) is 0 Å². The molecule has 0 spiro atoms. The Morgan fingerprint density at radius 3 is 2.68 bits per heavy atom. The van der Waals surface area contributed by atoms with Crippen LogP contribution in [0.2, 0.25) is 0 Å². The monoisotopic (exact) mass is 387 g/mol. The summed E-state index contributed by atoms with van der Waals surface area (Å²) in [6.45, 7) is 0.304. The zero-order chi connectivity index (χ0) is 20.6. The van der Waals surface area contributed by atoms with E-state index in [0.717, 1.165) is 12.3 Å². The second-order valence-corrected chi connectivity index (χ2v) is 6.25. The van der Waals surface area contributed by atoms with Crippen LogP contribution in [0.1, 0.15) is 22.5 Å². The number of nitrogen functional groups attached to an aromatic ring is 1. The van der Waals surface area contributed by atoms with Crippen molar-refractivity contribution in [3.05, 3.63) is 41.2 Å². The van der Waals surface area contributed by atoms with Gasteiger partial charge in [0.1, 0.15) is 11.6 Å². The molecule has 5 N–H and O–H groups in total. The number of benzene rings is 1. The molecule has 28 heavy (non-hydrogen) atoms. The summed E-state index contributed by atoms with van der Waals surface area (Å²) >= 11 is 0. The van der Waals surface area contributed by atoms with Crippen molar-refractivity contribution in [2.45, 2.75) is 12.0 Å². The molecule has 10 heteroatoms. The maximum Gasteiger partial charge on any atom is 0.271 e. The Bertz CT molecular complexity index is 1060. The van der Waals surface area contributed by atoms with Crippen LogP contribution < -0.4 is 11.5 Å². The molecule has 0 saturated carbocycles. The molecule has 1 fully saturated rings. The molecule has 0 unspecified atom stereocenters. The average Bonchev–Trinajstić information content (AvgIpc) is 2.89. The van der Waals surface area contributed by atoms with E-state index in [4.69, 9.17) is 11.5 Å². The number of halogens is 2. The lowest BCUT2D eigenvalue weighted by Gasteiger charge is -2.13. The van der Waals surface area contributed by atoms with Gasteiger partial charge in [0, 0.05) is 31.6 Å². The fourth-order valence-corrected chi connectivity index (χ4v) is 2.69. The van der Waals surface area contributed by atoms with Crippen LogP contribution in [0, 0.1) is 23.5 Å². The number of nitrogens with two attached hydrogens (primary N) is 2. The highest BCUT2D eigenvalue weighted by molar-refractivity contribution is 5.95. The van der Waals surface area contributed by atoms with Crippen LogP contribution >= 0.6 is 0 Å². The number of carbonyl (C=O) groups excluding carboxylic acids is 2. The highest BCUT2D eigenvalue weighted by atomic mass is 19.1. The maximum absolute atomic E-state index is 14.3. The molecule has 0 radical (unpaired) electrons. The van der Waals surface area contributed by atoms with Crippen LogP contribution in [-0.4, -0.2) is 51.0 Å². The Balaban J connectivity index is 2.06. The van der Waals surface area contributed by atoms with Crippen LogP contribution in [-0.2, 0) is 4.79 Å². The Kier molecular flexibility index (Phi) is 4.70. The first-order chi connectivity index (χ1) is 13.1. The topological polar surface area (TPSA) is 135 Å². The highest BCUT2D eigenvalue weighted by Gasteiger charge is 2.42. The van der Waals surface area contributed by atoms with E-state index in [1.165, 1.54) is 11.9 Å². The van der Waals surface area contributed by atoms with E-state index in [2.05, 4.69) is 21.8 Å². The van der Waals surface area contributed by atoms with Gasteiger partial charge in [-0.25, -0.2) is 18.7 Å². The first-order valence-corrected chi connectivity index (χ1v) is 8.05. The second-order valence-electron chi connectivity index (χ2n) is 6.25. The lowest BCUT2D eigenvalue weighted by molar-refractivity contribution is -0.137. The van der Waals surface area contributed by atoms with E-state index in [9.17, 15) is 23.5 Å². The van der Waals surface area contributed by atoms with Gasteiger partial charge in [0.05, 0.1) is 17.5 Å². The summed E-state index contributed by atoms with van der Waals surface area (Å²) < 4.78 is 28.4. The number of hydrogen-bond donors (Lipinski definition) is 3. The van der Waals surface area contributed by atoms with E-state index >= 15 is 0 Å². The standard InChI is InChI=1S/C18H15F2N5O3/c1-25-5-4-18(28,17(25)27)3-2-9-6-10(12(20)7-11(9)19)13-8-23-15(21)14(24-13)16(22)26/h6-8,28H,4-5H2,1H3,(H2,21,23)(H2,22,26)/t18-/m0/s1. The van der Waals surface area contributed by atoms with Crippen molar-refractivity contribution in [2.24, 2.45) is 5.73 Å². The SMILES string of the molecule is CN1CC[C@@](O)(C#Cc2cc(-c3cnc(N)c(C(N)=O)n3)c(F)cc2F)C1=O. The summed E-state index contributed by atoms with van der Waals surface area (Å²) in [5.41, 5.74) is 7.77. The van der Waals surface area contributed by atoms with Gasteiger partial charge in [-0.1, -0.05) is 11.8 Å². The van der Waals surface area contributed by atoms with Gasteiger partial charge >= 0.3 is 0 Å². The first-order valence-electron chi connectivity index (χ1n) is 8.05. The number of rotatable bonds is 2. The lowest BCUT2D eigenvalue weighted by atomic mass is 10.0. The minimum Gasteiger partial charge on any atom is -0.382 e. The van der Waals surface area contributed by atoms with Crippen molar-refractivity contribution in [3.8, 4) is 23.1 Å². The van der Waals surface area contributed by atoms with Gasteiger partial charge in [-0.3, -0.25) is 9.59 Å². The normalized spacial score (nSPS) is 18.7. The summed E-state index contributed by atoms with van der Waals surface area (Å²) in [5, 5.41) is 10.3. The summed E-state index contributed by atoms with van der Waals surface area (Å²) in [5.74, 6) is 0.975. The predicted molar refractivity (Wildman–Crippen MR) is 94.4 cm³/mol. The number of carbonyl (C=O) groups is 2. The number of aromatic nitrogens is 2. The van der Waals surface area contributed by atoms with Gasteiger partial charge in [-0.15, -0.1) is 0 Å². The molecule has 144 valence electrons. The largest absolute Gasteiger partial charge is 0.382 e. The van der Waals surface area contributed by atoms with E-state index in [-0.39, 0.29) is 34.8 Å². The molecule has 1 atom stereocenters. The minimum absolute atomic E-state index is 0.0659. The Hall–Kier alpha value is -3.58.